The first-order chi connectivity index (χ1) is 9.81. The van der Waals surface area contributed by atoms with Gasteiger partial charge in [0.05, 0.1) is 12.3 Å². The highest BCUT2D eigenvalue weighted by atomic mass is 16.3. The predicted octanol–water partition coefficient (Wildman–Crippen LogP) is 2.48. The number of furan rings is 1. The summed E-state index contributed by atoms with van der Waals surface area (Å²) in [5, 5.41) is 6.16. The molecule has 0 aliphatic carbocycles. The van der Waals surface area contributed by atoms with Crippen LogP contribution in [0, 0.1) is 0 Å². The Hall–Kier alpha value is -2.07. The van der Waals surface area contributed by atoms with Gasteiger partial charge in [0, 0.05) is 19.5 Å². The van der Waals surface area contributed by atoms with E-state index < -0.39 is 0 Å². The fourth-order valence-electron chi connectivity index (χ4n) is 2.10. The van der Waals surface area contributed by atoms with Crippen LogP contribution in [0.25, 0.3) is 0 Å². The lowest BCUT2D eigenvalue weighted by molar-refractivity contribution is -0.120. The van der Waals surface area contributed by atoms with Crippen LogP contribution in [0.4, 0.5) is 0 Å². The topological polar surface area (TPSA) is 54.3 Å². The van der Waals surface area contributed by atoms with Crippen LogP contribution >= 0.6 is 0 Å². The van der Waals surface area contributed by atoms with Gasteiger partial charge in [0.15, 0.2) is 0 Å². The van der Waals surface area contributed by atoms with Crippen LogP contribution < -0.4 is 10.6 Å². The second-order valence-electron chi connectivity index (χ2n) is 4.52. The van der Waals surface area contributed by atoms with Gasteiger partial charge in [0.25, 0.3) is 0 Å². The average molecular weight is 272 g/mol. The number of carbonyl (C=O) groups excluding carboxylic acids is 1. The number of carbonyl (C=O) groups is 1. The molecule has 0 radical (unpaired) electrons. The van der Waals surface area contributed by atoms with Crippen molar-refractivity contribution in [1.82, 2.24) is 10.6 Å². The Morgan fingerprint density at radius 1 is 1.20 bits per heavy atom. The predicted molar refractivity (Wildman–Crippen MR) is 78.3 cm³/mol. The lowest BCUT2D eigenvalue weighted by Gasteiger charge is -2.17. The average Bonchev–Trinajstić information content (AvgIpc) is 2.99. The van der Waals surface area contributed by atoms with E-state index in [2.05, 4.69) is 10.6 Å². The van der Waals surface area contributed by atoms with Gasteiger partial charge in [-0.2, -0.15) is 0 Å². The van der Waals surface area contributed by atoms with Gasteiger partial charge in [-0.3, -0.25) is 4.79 Å². The molecule has 0 aliphatic heterocycles. The summed E-state index contributed by atoms with van der Waals surface area (Å²) < 4.78 is 5.49. The molecule has 1 atom stereocenters. The molecule has 1 aromatic carbocycles. The van der Waals surface area contributed by atoms with Crippen molar-refractivity contribution >= 4 is 5.91 Å². The van der Waals surface area contributed by atoms with Crippen LogP contribution in [-0.4, -0.2) is 19.0 Å². The zero-order valence-corrected chi connectivity index (χ0v) is 11.6. The molecular formula is C16H20N2O2. The van der Waals surface area contributed by atoms with Gasteiger partial charge in [-0.05, 0) is 24.6 Å². The number of nitrogens with one attached hydrogen (secondary N) is 2. The third-order valence-electron chi connectivity index (χ3n) is 3.04. The maximum Gasteiger partial charge on any atom is 0.221 e. The van der Waals surface area contributed by atoms with Gasteiger partial charge < -0.3 is 15.1 Å². The molecule has 4 heteroatoms. The summed E-state index contributed by atoms with van der Waals surface area (Å²) >= 11 is 0. The second kappa shape index (κ2) is 7.50. The SMILES string of the molecule is CCNC(=O)CCNC(c1ccccc1)c1ccco1. The molecule has 2 aromatic rings. The van der Waals surface area contributed by atoms with E-state index >= 15 is 0 Å². The first kappa shape index (κ1) is 14.3. The standard InChI is InChI=1S/C16H20N2O2/c1-2-17-15(19)10-11-18-16(14-9-6-12-20-14)13-7-4-3-5-8-13/h3-9,12,16,18H,2,10-11H2,1H3,(H,17,19). The van der Waals surface area contributed by atoms with Crippen molar-refractivity contribution in [2.24, 2.45) is 0 Å². The lowest BCUT2D eigenvalue weighted by Crippen LogP contribution is -2.29. The van der Waals surface area contributed by atoms with Gasteiger partial charge in [-0.15, -0.1) is 0 Å². The number of benzene rings is 1. The van der Waals surface area contributed by atoms with Crippen LogP contribution in [0.15, 0.2) is 53.1 Å². The van der Waals surface area contributed by atoms with Crippen molar-refractivity contribution in [1.29, 1.82) is 0 Å². The molecule has 1 unspecified atom stereocenters. The molecule has 2 N–H and O–H groups in total. The zero-order chi connectivity index (χ0) is 14.2. The zero-order valence-electron chi connectivity index (χ0n) is 11.6. The maximum absolute atomic E-state index is 11.5. The highest BCUT2D eigenvalue weighted by Crippen LogP contribution is 2.22. The number of rotatable bonds is 7. The van der Waals surface area contributed by atoms with Crippen molar-refractivity contribution in [3.8, 4) is 0 Å². The van der Waals surface area contributed by atoms with Crippen LogP contribution in [0.2, 0.25) is 0 Å². The summed E-state index contributed by atoms with van der Waals surface area (Å²) in [6.45, 7) is 3.19. The van der Waals surface area contributed by atoms with Crippen molar-refractivity contribution in [3.63, 3.8) is 0 Å². The molecule has 0 bridgehead atoms. The van der Waals surface area contributed by atoms with E-state index in [1.807, 2.05) is 49.4 Å². The third kappa shape index (κ3) is 3.96. The quantitative estimate of drug-likeness (QED) is 0.814. The smallest absolute Gasteiger partial charge is 0.221 e. The van der Waals surface area contributed by atoms with Gasteiger partial charge in [-0.1, -0.05) is 30.3 Å². The largest absolute Gasteiger partial charge is 0.467 e. The van der Waals surface area contributed by atoms with Crippen LogP contribution in [0.3, 0.4) is 0 Å². The monoisotopic (exact) mass is 272 g/mol. The summed E-state index contributed by atoms with van der Waals surface area (Å²) in [6.07, 6.45) is 2.12. The molecule has 4 nitrogen and oxygen atoms in total. The molecule has 0 saturated carbocycles. The Morgan fingerprint density at radius 3 is 2.65 bits per heavy atom. The number of amides is 1. The Kier molecular flexibility index (Phi) is 5.38. The molecule has 1 amide bonds. The molecule has 0 saturated heterocycles. The van der Waals surface area contributed by atoms with E-state index in [1.54, 1.807) is 6.26 Å². The summed E-state index contributed by atoms with van der Waals surface area (Å²) in [6, 6.07) is 13.9. The first-order valence-electron chi connectivity index (χ1n) is 6.89. The highest BCUT2D eigenvalue weighted by molar-refractivity contribution is 5.75. The van der Waals surface area contributed by atoms with Crippen molar-refractivity contribution in [3.05, 3.63) is 60.1 Å². The van der Waals surface area contributed by atoms with E-state index in [0.29, 0.717) is 19.5 Å². The van der Waals surface area contributed by atoms with E-state index in [0.717, 1.165) is 11.3 Å². The van der Waals surface area contributed by atoms with E-state index in [9.17, 15) is 4.79 Å². The minimum Gasteiger partial charge on any atom is -0.467 e. The summed E-state index contributed by atoms with van der Waals surface area (Å²) in [4.78, 5) is 11.5. The summed E-state index contributed by atoms with van der Waals surface area (Å²) in [7, 11) is 0. The lowest BCUT2D eigenvalue weighted by atomic mass is 10.0. The minimum atomic E-state index is -0.0272. The molecule has 1 aromatic heterocycles. The second-order valence-corrected chi connectivity index (χ2v) is 4.52. The number of hydrogen-bond acceptors (Lipinski definition) is 3. The fourth-order valence-corrected chi connectivity index (χ4v) is 2.10. The Labute approximate surface area is 119 Å². The Balaban J connectivity index is 2.00. The molecule has 2 rings (SSSR count). The van der Waals surface area contributed by atoms with E-state index in [4.69, 9.17) is 4.42 Å². The Morgan fingerprint density at radius 2 is 2.00 bits per heavy atom. The van der Waals surface area contributed by atoms with Gasteiger partial charge in [0.1, 0.15) is 5.76 Å². The van der Waals surface area contributed by atoms with E-state index in [1.165, 1.54) is 0 Å². The van der Waals surface area contributed by atoms with Gasteiger partial charge in [0.2, 0.25) is 5.91 Å². The van der Waals surface area contributed by atoms with Gasteiger partial charge in [-0.25, -0.2) is 0 Å². The normalized spacial score (nSPS) is 12.1. The van der Waals surface area contributed by atoms with Crippen LogP contribution in [0.1, 0.15) is 30.7 Å². The van der Waals surface area contributed by atoms with Crippen molar-refractivity contribution in [2.45, 2.75) is 19.4 Å². The molecular weight excluding hydrogens is 252 g/mol. The van der Waals surface area contributed by atoms with Gasteiger partial charge >= 0.3 is 0 Å². The van der Waals surface area contributed by atoms with Crippen molar-refractivity contribution < 1.29 is 9.21 Å². The molecule has 0 fully saturated rings. The first-order valence-corrected chi connectivity index (χ1v) is 6.89. The maximum atomic E-state index is 11.5. The molecule has 106 valence electrons. The van der Waals surface area contributed by atoms with Crippen LogP contribution in [-0.2, 0) is 4.79 Å². The molecule has 0 aliphatic rings. The Bertz CT molecular complexity index is 509. The highest BCUT2D eigenvalue weighted by Gasteiger charge is 2.16. The minimum absolute atomic E-state index is 0.0272. The van der Waals surface area contributed by atoms with Crippen molar-refractivity contribution in [2.75, 3.05) is 13.1 Å². The third-order valence-corrected chi connectivity index (χ3v) is 3.04. The molecule has 0 spiro atoms. The summed E-state index contributed by atoms with van der Waals surface area (Å²) in [5.74, 6) is 0.915. The van der Waals surface area contributed by atoms with E-state index in [-0.39, 0.29) is 11.9 Å². The number of hydrogen-bond donors (Lipinski definition) is 2. The summed E-state index contributed by atoms with van der Waals surface area (Å²) in [5.41, 5.74) is 1.12. The molecule has 1 heterocycles. The molecule has 20 heavy (non-hydrogen) atoms. The fraction of sp³-hybridized carbons (Fsp3) is 0.312. The van der Waals surface area contributed by atoms with Crippen LogP contribution in [0.5, 0.6) is 0 Å².